The van der Waals surface area contributed by atoms with Gasteiger partial charge in [-0.25, -0.2) is 4.79 Å². The number of carbonyl (C=O) groups excluding carboxylic acids is 1. The predicted octanol–water partition coefficient (Wildman–Crippen LogP) is 4.20. The largest absolute Gasteiger partial charge is 0.444 e. The van der Waals surface area contributed by atoms with Crippen LogP contribution in [0.1, 0.15) is 65.1 Å². The van der Waals surface area contributed by atoms with E-state index >= 15 is 0 Å². The molecule has 184 valence electrons. The van der Waals surface area contributed by atoms with E-state index in [2.05, 4.69) is 34.3 Å². The number of guanidine groups is 1. The van der Waals surface area contributed by atoms with Gasteiger partial charge in [0.2, 0.25) is 0 Å². The van der Waals surface area contributed by atoms with Crippen molar-refractivity contribution in [3.8, 4) is 0 Å². The second-order valence-corrected chi connectivity index (χ2v) is 9.31. The number of aliphatic imine (C=N–C) groups is 1. The normalized spacial score (nSPS) is 15.3. The summed E-state index contributed by atoms with van der Waals surface area (Å²) in [7, 11) is 0. The van der Waals surface area contributed by atoms with E-state index in [0.717, 1.165) is 70.1 Å². The van der Waals surface area contributed by atoms with E-state index in [9.17, 15) is 4.79 Å². The lowest BCUT2D eigenvalue weighted by Crippen LogP contribution is -2.48. The Labute approximate surface area is 211 Å². The van der Waals surface area contributed by atoms with E-state index in [4.69, 9.17) is 9.73 Å². The van der Waals surface area contributed by atoms with E-state index in [-0.39, 0.29) is 30.1 Å². The van der Waals surface area contributed by atoms with E-state index in [0.29, 0.717) is 12.5 Å². The molecule has 1 aliphatic rings. The Morgan fingerprint density at radius 2 is 2.03 bits per heavy atom. The number of H-pyrrole nitrogens is 1. The second kappa shape index (κ2) is 13.9. The third-order valence-corrected chi connectivity index (χ3v) is 5.56. The van der Waals surface area contributed by atoms with Crippen LogP contribution < -0.4 is 5.32 Å². The molecule has 0 aliphatic carbocycles. The average molecular weight is 563 g/mol. The van der Waals surface area contributed by atoms with Crippen molar-refractivity contribution < 1.29 is 9.53 Å². The average Bonchev–Trinajstić information content (AvgIpc) is 3.12. The van der Waals surface area contributed by atoms with Crippen LogP contribution in [0.25, 0.3) is 0 Å². The molecule has 1 aromatic rings. The summed E-state index contributed by atoms with van der Waals surface area (Å²) in [6, 6.07) is 0. The molecule has 0 atom stereocenters. The van der Waals surface area contributed by atoms with Crippen molar-refractivity contribution in [2.75, 3.05) is 39.3 Å². The van der Waals surface area contributed by atoms with Gasteiger partial charge in [-0.2, -0.15) is 5.10 Å². The molecule has 32 heavy (non-hydrogen) atoms. The fourth-order valence-corrected chi connectivity index (χ4v) is 3.81. The summed E-state index contributed by atoms with van der Waals surface area (Å²) in [5.41, 5.74) is 1.96. The summed E-state index contributed by atoms with van der Waals surface area (Å²) >= 11 is 0. The maximum Gasteiger partial charge on any atom is 0.410 e. The Kier molecular flexibility index (Phi) is 12.4. The molecule has 1 aromatic heterocycles. The Bertz CT molecular complexity index is 708. The lowest BCUT2D eigenvalue weighted by Gasteiger charge is -2.36. The Morgan fingerprint density at radius 3 is 2.56 bits per heavy atom. The van der Waals surface area contributed by atoms with E-state index in [1.807, 2.05) is 38.8 Å². The Hall–Kier alpha value is -1.52. The lowest BCUT2D eigenvalue weighted by atomic mass is 9.96. The number of ether oxygens (including phenoxy) is 1. The number of carbonyl (C=O) groups is 1. The number of aromatic amines is 1. The monoisotopic (exact) mass is 562 g/mol. The summed E-state index contributed by atoms with van der Waals surface area (Å²) in [6.45, 7) is 16.9. The molecule has 0 saturated carbocycles. The number of hydrogen-bond donors (Lipinski definition) is 2. The zero-order valence-corrected chi connectivity index (χ0v) is 23.1. The number of hydrogen-bond acceptors (Lipinski definition) is 4. The number of nitrogens with zero attached hydrogens (tertiary/aromatic N) is 4. The van der Waals surface area contributed by atoms with Crippen molar-refractivity contribution >= 4 is 36.0 Å². The summed E-state index contributed by atoms with van der Waals surface area (Å²) in [6.07, 6.45) is 5.81. The highest BCUT2D eigenvalue weighted by molar-refractivity contribution is 14.0. The van der Waals surface area contributed by atoms with Crippen LogP contribution >= 0.6 is 24.0 Å². The molecule has 1 fully saturated rings. The molecule has 0 spiro atoms. The first-order chi connectivity index (χ1) is 14.7. The maximum atomic E-state index is 12.4. The van der Waals surface area contributed by atoms with Crippen LogP contribution in [0.4, 0.5) is 4.79 Å². The van der Waals surface area contributed by atoms with Crippen LogP contribution in [-0.4, -0.2) is 76.9 Å². The number of amides is 1. The van der Waals surface area contributed by atoms with Crippen LogP contribution in [0.5, 0.6) is 0 Å². The number of nitrogens with one attached hydrogen (secondary N) is 2. The van der Waals surface area contributed by atoms with Crippen LogP contribution in [-0.2, 0) is 11.2 Å². The molecule has 1 aliphatic heterocycles. The molecule has 1 saturated heterocycles. The SMILES string of the molecule is CCNC(=NCCCc1cn[nH]c1C)N1CCC(CN(CC)C(=O)OC(C)(C)C)CC1.I. The number of likely N-dealkylation sites (tertiary alicyclic amines) is 1. The van der Waals surface area contributed by atoms with Crippen molar-refractivity contribution in [2.24, 2.45) is 10.9 Å². The summed E-state index contributed by atoms with van der Waals surface area (Å²) in [5.74, 6) is 1.50. The second-order valence-electron chi connectivity index (χ2n) is 9.31. The van der Waals surface area contributed by atoms with Gasteiger partial charge in [0, 0.05) is 45.0 Å². The third kappa shape index (κ3) is 9.54. The molecule has 0 unspecified atom stereocenters. The maximum absolute atomic E-state index is 12.4. The number of piperidine rings is 1. The zero-order valence-electron chi connectivity index (χ0n) is 20.7. The van der Waals surface area contributed by atoms with Gasteiger partial charge in [0.15, 0.2) is 5.96 Å². The molecule has 9 heteroatoms. The minimum atomic E-state index is -0.457. The highest BCUT2D eigenvalue weighted by Crippen LogP contribution is 2.20. The van der Waals surface area contributed by atoms with Gasteiger partial charge in [0.25, 0.3) is 0 Å². The first-order valence-corrected chi connectivity index (χ1v) is 11.7. The molecule has 0 radical (unpaired) electrons. The standard InChI is InChI=1S/C23H42N6O2.HI/c1-7-24-21(25-13-9-10-20-16-26-27-18(20)3)29-14-11-19(12-15-29)17-28(8-2)22(30)31-23(4,5)6;/h16,19H,7-15,17H2,1-6H3,(H,24,25)(H,26,27);1H. The highest BCUT2D eigenvalue weighted by Gasteiger charge is 2.27. The minimum Gasteiger partial charge on any atom is -0.444 e. The van der Waals surface area contributed by atoms with E-state index < -0.39 is 5.60 Å². The van der Waals surface area contributed by atoms with Crippen molar-refractivity contribution in [1.29, 1.82) is 0 Å². The van der Waals surface area contributed by atoms with Crippen LogP contribution in [0, 0.1) is 12.8 Å². The molecule has 0 aromatic carbocycles. The molecule has 1 amide bonds. The van der Waals surface area contributed by atoms with Crippen molar-refractivity contribution in [1.82, 2.24) is 25.3 Å². The predicted molar refractivity (Wildman–Crippen MR) is 141 cm³/mol. The topological polar surface area (TPSA) is 85.9 Å². The van der Waals surface area contributed by atoms with E-state index in [1.165, 1.54) is 5.56 Å². The summed E-state index contributed by atoms with van der Waals surface area (Å²) in [4.78, 5) is 21.5. The molecular formula is C23H43IN6O2. The smallest absolute Gasteiger partial charge is 0.410 e. The van der Waals surface area contributed by atoms with Gasteiger partial charge in [-0.3, -0.25) is 10.1 Å². The molecule has 0 bridgehead atoms. The first-order valence-electron chi connectivity index (χ1n) is 11.7. The van der Waals surface area contributed by atoms with Crippen molar-refractivity contribution in [3.05, 3.63) is 17.5 Å². The van der Waals surface area contributed by atoms with Crippen molar-refractivity contribution in [3.63, 3.8) is 0 Å². The van der Waals surface area contributed by atoms with Gasteiger partial charge < -0.3 is 19.9 Å². The molecular weight excluding hydrogens is 519 g/mol. The van der Waals surface area contributed by atoms with Gasteiger partial charge in [0.1, 0.15) is 5.60 Å². The van der Waals surface area contributed by atoms with Crippen LogP contribution in [0.2, 0.25) is 0 Å². The first kappa shape index (κ1) is 28.5. The van der Waals surface area contributed by atoms with Gasteiger partial charge in [-0.05, 0) is 78.7 Å². The molecule has 2 rings (SSSR count). The quantitative estimate of drug-likeness (QED) is 0.215. The van der Waals surface area contributed by atoms with Gasteiger partial charge in [0.05, 0.1) is 6.20 Å². The third-order valence-electron chi connectivity index (χ3n) is 5.56. The number of aryl methyl sites for hydroxylation is 2. The fourth-order valence-electron chi connectivity index (χ4n) is 3.81. The zero-order chi connectivity index (χ0) is 22.9. The van der Waals surface area contributed by atoms with Gasteiger partial charge in [-0.1, -0.05) is 0 Å². The number of rotatable bonds is 8. The Balaban J connectivity index is 0.00000512. The van der Waals surface area contributed by atoms with Crippen molar-refractivity contribution in [2.45, 2.75) is 72.8 Å². The number of aromatic nitrogens is 2. The van der Waals surface area contributed by atoms with E-state index in [1.54, 1.807) is 0 Å². The highest BCUT2D eigenvalue weighted by atomic mass is 127. The molecule has 2 N–H and O–H groups in total. The summed E-state index contributed by atoms with van der Waals surface area (Å²) in [5, 5.41) is 10.5. The molecule has 8 nitrogen and oxygen atoms in total. The van der Waals surface area contributed by atoms with Gasteiger partial charge >= 0.3 is 6.09 Å². The van der Waals surface area contributed by atoms with Crippen LogP contribution in [0.15, 0.2) is 11.2 Å². The van der Waals surface area contributed by atoms with Crippen LogP contribution in [0.3, 0.4) is 0 Å². The van der Waals surface area contributed by atoms with Gasteiger partial charge in [-0.15, -0.1) is 24.0 Å². The Morgan fingerprint density at radius 1 is 1.34 bits per heavy atom. The fraction of sp³-hybridized carbons (Fsp3) is 0.783. The minimum absolute atomic E-state index is 0. The molecule has 2 heterocycles. The lowest BCUT2D eigenvalue weighted by molar-refractivity contribution is 0.0214. The summed E-state index contributed by atoms with van der Waals surface area (Å²) < 4.78 is 5.55. The number of halogens is 1.